The molecule has 4 atom stereocenters. The fraction of sp³-hybridized carbons (Fsp3) is 0.588. The Labute approximate surface area is 143 Å². The number of halogens is 2. The van der Waals surface area contributed by atoms with Crippen LogP contribution in [0, 0.1) is 5.92 Å². The van der Waals surface area contributed by atoms with E-state index < -0.39 is 0 Å². The molecule has 3 rings (SSSR count). The van der Waals surface area contributed by atoms with Crippen LogP contribution in [0.4, 0.5) is 0 Å². The molecule has 5 heteroatoms. The molecule has 1 saturated heterocycles. The zero-order valence-electron chi connectivity index (χ0n) is 12.8. The lowest BCUT2D eigenvalue weighted by Gasteiger charge is -2.24. The Kier molecular flexibility index (Phi) is 6.13. The van der Waals surface area contributed by atoms with Crippen molar-refractivity contribution >= 4 is 29.9 Å². The Morgan fingerprint density at radius 1 is 1.36 bits per heavy atom. The molecule has 0 radical (unpaired) electrons. The van der Waals surface area contributed by atoms with E-state index in [0.29, 0.717) is 17.0 Å². The van der Waals surface area contributed by atoms with Gasteiger partial charge in [0.05, 0.1) is 12.1 Å². The molecule has 0 aromatic heterocycles. The number of rotatable bonds is 3. The van der Waals surface area contributed by atoms with Gasteiger partial charge in [0.2, 0.25) is 5.91 Å². The number of amides is 1. The molecule has 1 aromatic carbocycles. The number of carbonyl (C=O) groups excluding carboxylic acids is 1. The Morgan fingerprint density at radius 3 is 2.86 bits per heavy atom. The van der Waals surface area contributed by atoms with Crippen molar-refractivity contribution < 1.29 is 4.79 Å². The van der Waals surface area contributed by atoms with Gasteiger partial charge in [-0.15, -0.1) is 12.4 Å². The minimum Gasteiger partial charge on any atom is -0.348 e. The number of carbonyl (C=O) groups is 1. The first-order valence-electron chi connectivity index (χ1n) is 7.95. The standard InChI is InChI=1S/C17H23ClN2O.ClH/c1-11(12-6-4-7-14(18)9-12)19-17(21)16-10-13-5-2-3-8-15(13)20-16;/h4,6-7,9,11,13,15-16,20H,2-3,5,8,10H2,1H3,(H,19,21);1H/t11-,13?,15?,16?;/m1./s1. The summed E-state index contributed by atoms with van der Waals surface area (Å²) in [6.07, 6.45) is 6.08. The van der Waals surface area contributed by atoms with Crippen molar-refractivity contribution in [2.45, 2.75) is 57.2 Å². The molecule has 0 spiro atoms. The Bertz CT molecular complexity index is 509. The Morgan fingerprint density at radius 2 is 2.14 bits per heavy atom. The van der Waals surface area contributed by atoms with Crippen molar-refractivity contribution in [3.05, 3.63) is 34.9 Å². The lowest BCUT2D eigenvalue weighted by atomic mass is 9.85. The van der Waals surface area contributed by atoms with Crippen LogP contribution in [-0.4, -0.2) is 18.0 Å². The molecule has 122 valence electrons. The SMILES string of the molecule is C[C@@H](NC(=O)C1CC2CCCCC2N1)c1cccc(Cl)c1.Cl. The van der Waals surface area contributed by atoms with Gasteiger partial charge in [-0.1, -0.05) is 36.6 Å². The number of nitrogens with one attached hydrogen (secondary N) is 2. The zero-order valence-corrected chi connectivity index (χ0v) is 14.4. The highest BCUT2D eigenvalue weighted by Gasteiger charge is 2.38. The maximum Gasteiger partial charge on any atom is 0.237 e. The summed E-state index contributed by atoms with van der Waals surface area (Å²) in [7, 11) is 0. The quantitative estimate of drug-likeness (QED) is 0.875. The van der Waals surface area contributed by atoms with E-state index in [4.69, 9.17) is 11.6 Å². The molecule has 1 heterocycles. The molecule has 22 heavy (non-hydrogen) atoms. The molecule has 2 N–H and O–H groups in total. The van der Waals surface area contributed by atoms with Gasteiger partial charge in [0.1, 0.15) is 0 Å². The molecule has 1 aromatic rings. The number of benzene rings is 1. The highest BCUT2D eigenvalue weighted by Crippen LogP contribution is 2.33. The smallest absolute Gasteiger partial charge is 0.237 e. The van der Waals surface area contributed by atoms with Gasteiger partial charge in [0.15, 0.2) is 0 Å². The summed E-state index contributed by atoms with van der Waals surface area (Å²) in [5, 5.41) is 7.34. The second kappa shape index (κ2) is 7.67. The van der Waals surface area contributed by atoms with Crippen molar-refractivity contribution in [1.82, 2.24) is 10.6 Å². The zero-order chi connectivity index (χ0) is 14.8. The first-order chi connectivity index (χ1) is 10.1. The topological polar surface area (TPSA) is 41.1 Å². The average Bonchev–Trinajstić information content (AvgIpc) is 2.91. The van der Waals surface area contributed by atoms with Crippen LogP contribution < -0.4 is 10.6 Å². The average molecular weight is 343 g/mol. The third kappa shape index (κ3) is 3.95. The number of hydrogen-bond donors (Lipinski definition) is 2. The van der Waals surface area contributed by atoms with E-state index in [2.05, 4.69) is 10.6 Å². The van der Waals surface area contributed by atoms with E-state index in [1.165, 1.54) is 25.7 Å². The van der Waals surface area contributed by atoms with E-state index in [9.17, 15) is 4.79 Å². The molecular formula is C17H24Cl2N2O. The van der Waals surface area contributed by atoms with Crippen molar-refractivity contribution in [3.63, 3.8) is 0 Å². The van der Waals surface area contributed by atoms with Crippen LogP contribution in [-0.2, 0) is 4.79 Å². The van der Waals surface area contributed by atoms with E-state index in [-0.39, 0.29) is 30.4 Å². The summed E-state index contributed by atoms with van der Waals surface area (Å²) < 4.78 is 0. The van der Waals surface area contributed by atoms with Crippen LogP contribution in [0.25, 0.3) is 0 Å². The lowest BCUT2D eigenvalue weighted by molar-refractivity contribution is -0.123. The van der Waals surface area contributed by atoms with Crippen LogP contribution >= 0.6 is 24.0 Å². The molecule has 0 bridgehead atoms. The second-order valence-electron chi connectivity index (χ2n) is 6.39. The molecule has 2 fully saturated rings. The summed E-state index contributed by atoms with van der Waals surface area (Å²) >= 11 is 6.01. The summed E-state index contributed by atoms with van der Waals surface area (Å²) in [5.41, 5.74) is 1.05. The van der Waals surface area contributed by atoms with Crippen molar-refractivity contribution in [2.75, 3.05) is 0 Å². The van der Waals surface area contributed by atoms with Crippen LogP contribution in [0.1, 0.15) is 50.6 Å². The molecule has 1 aliphatic heterocycles. The number of hydrogen-bond acceptors (Lipinski definition) is 2. The second-order valence-corrected chi connectivity index (χ2v) is 6.83. The van der Waals surface area contributed by atoms with Gasteiger partial charge >= 0.3 is 0 Å². The predicted molar refractivity (Wildman–Crippen MR) is 92.5 cm³/mol. The van der Waals surface area contributed by atoms with E-state index in [1.54, 1.807) is 0 Å². The third-order valence-electron chi connectivity index (χ3n) is 4.89. The summed E-state index contributed by atoms with van der Waals surface area (Å²) in [4.78, 5) is 12.5. The fourth-order valence-electron chi connectivity index (χ4n) is 3.69. The van der Waals surface area contributed by atoms with E-state index >= 15 is 0 Å². The van der Waals surface area contributed by atoms with Gasteiger partial charge in [-0.25, -0.2) is 0 Å². The van der Waals surface area contributed by atoms with Gasteiger partial charge in [-0.05, 0) is 49.8 Å². The van der Waals surface area contributed by atoms with Crippen molar-refractivity contribution in [1.29, 1.82) is 0 Å². The normalized spacial score (nSPS) is 28.4. The molecule has 3 nitrogen and oxygen atoms in total. The van der Waals surface area contributed by atoms with Crippen molar-refractivity contribution in [2.24, 2.45) is 5.92 Å². The Hall–Kier alpha value is -0.770. The van der Waals surface area contributed by atoms with Gasteiger partial charge in [-0.3, -0.25) is 4.79 Å². The van der Waals surface area contributed by atoms with E-state index in [0.717, 1.165) is 12.0 Å². The highest BCUT2D eigenvalue weighted by molar-refractivity contribution is 6.30. The molecule has 1 amide bonds. The fourth-order valence-corrected chi connectivity index (χ4v) is 3.89. The maximum atomic E-state index is 12.5. The summed E-state index contributed by atoms with van der Waals surface area (Å²) in [5.74, 6) is 0.813. The van der Waals surface area contributed by atoms with Gasteiger partial charge in [-0.2, -0.15) is 0 Å². The van der Waals surface area contributed by atoms with Crippen LogP contribution in [0.2, 0.25) is 5.02 Å². The number of fused-ring (bicyclic) bond motifs is 1. The van der Waals surface area contributed by atoms with Crippen LogP contribution in [0.15, 0.2) is 24.3 Å². The van der Waals surface area contributed by atoms with Crippen LogP contribution in [0.3, 0.4) is 0 Å². The predicted octanol–water partition coefficient (Wildman–Crippen LogP) is 3.86. The minimum absolute atomic E-state index is 0. The lowest BCUT2D eigenvalue weighted by Crippen LogP contribution is -2.43. The Balaban J connectivity index is 0.00000176. The molecule has 1 aliphatic carbocycles. The van der Waals surface area contributed by atoms with Gasteiger partial charge < -0.3 is 10.6 Å². The first-order valence-corrected chi connectivity index (χ1v) is 8.33. The van der Waals surface area contributed by atoms with E-state index in [1.807, 2.05) is 31.2 Å². The highest BCUT2D eigenvalue weighted by atomic mass is 35.5. The maximum absolute atomic E-state index is 12.5. The minimum atomic E-state index is -0.0280. The van der Waals surface area contributed by atoms with Gasteiger partial charge in [0.25, 0.3) is 0 Å². The molecular weight excluding hydrogens is 319 g/mol. The monoisotopic (exact) mass is 342 g/mol. The first kappa shape index (κ1) is 17.6. The summed E-state index contributed by atoms with van der Waals surface area (Å²) in [6.45, 7) is 2.01. The largest absolute Gasteiger partial charge is 0.348 e. The van der Waals surface area contributed by atoms with Gasteiger partial charge in [0, 0.05) is 11.1 Å². The summed E-state index contributed by atoms with van der Waals surface area (Å²) in [6, 6.07) is 8.19. The molecule has 3 unspecified atom stereocenters. The molecule has 2 aliphatic rings. The third-order valence-corrected chi connectivity index (χ3v) is 5.12. The van der Waals surface area contributed by atoms with Crippen molar-refractivity contribution in [3.8, 4) is 0 Å². The van der Waals surface area contributed by atoms with Crippen LogP contribution in [0.5, 0.6) is 0 Å². The molecule has 1 saturated carbocycles.